The Labute approximate surface area is 85.4 Å². The van der Waals surface area contributed by atoms with E-state index >= 15 is 0 Å². The summed E-state index contributed by atoms with van der Waals surface area (Å²) in [4.78, 5) is 13.0. The van der Waals surface area contributed by atoms with Gasteiger partial charge in [-0.3, -0.25) is 0 Å². The van der Waals surface area contributed by atoms with Crippen molar-refractivity contribution in [2.45, 2.75) is 12.6 Å². The molecule has 0 bridgehead atoms. The summed E-state index contributed by atoms with van der Waals surface area (Å²) in [5, 5.41) is 21.1. The molecule has 0 amide bonds. The van der Waals surface area contributed by atoms with Crippen LogP contribution in [0.1, 0.15) is 17.2 Å². The molecule has 6 nitrogen and oxygen atoms in total. The molecular formula is C9H9N3O3. The van der Waals surface area contributed by atoms with Crippen molar-refractivity contribution in [3.05, 3.63) is 45.8 Å². The standard InChI is InChI=1S/C9H9N3O3/c10-12-11-5-6-1-3-7(4-2-6)8(13)9(14)15/h1-4,8,13H,5H2,(H,14,15). The Morgan fingerprint density at radius 2 is 2.07 bits per heavy atom. The minimum atomic E-state index is -1.52. The molecule has 6 heteroatoms. The molecule has 78 valence electrons. The molecule has 1 unspecified atom stereocenters. The lowest BCUT2D eigenvalue weighted by Gasteiger charge is -2.05. The highest BCUT2D eigenvalue weighted by Gasteiger charge is 2.14. The van der Waals surface area contributed by atoms with E-state index in [4.69, 9.17) is 10.6 Å². The monoisotopic (exact) mass is 207 g/mol. The third-order valence-electron chi connectivity index (χ3n) is 1.85. The second kappa shape index (κ2) is 4.99. The van der Waals surface area contributed by atoms with E-state index in [0.29, 0.717) is 5.56 Å². The molecule has 0 aliphatic rings. The Bertz CT molecular complexity index is 396. The summed E-state index contributed by atoms with van der Waals surface area (Å²) in [5.74, 6) is -1.29. The van der Waals surface area contributed by atoms with Gasteiger partial charge in [-0.2, -0.15) is 0 Å². The Morgan fingerprint density at radius 1 is 1.47 bits per heavy atom. The molecule has 1 rings (SSSR count). The number of benzene rings is 1. The van der Waals surface area contributed by atoms with Crippen molar-refractivity contribution >= 4 is 5.97 Å². The molecular weight excluding hydrogens is 198 g/mol. The van der Waals surface area contributed by atoms with Gasteiger partial charge in [0.25, 0.3) is 0 Å². The fourth-order valence-electron chi connectivity index (χ4n) is 1.06. The van der Waals surface area contributed by atoms with Gasteiger partial charge < -0.3 is 10.2 Å². The summed E-state index contributed by atoms with van der Waals surface area (Å²) in [5.41, 5.74) is 9.14. The van der Waals surface area contributed by atoms with Crippen LogP contribution in [0.3, 0.4) is 0 Å². The molecule has 15 heavy (non-hydrogen) atoms. The molecule has 0 saturated carbocycles. The first kappa shape index (κ1) is 11.0. The highest BCUT2D eigenvalue weighted by Crippen LogP contribution is 2.14. The molecule has 1 aromatic rings. The van der Waals surface area contributed by atoms with Gasteiger partial charge in [-0.05, 0) is 16.7 Å². The Kier molecular flexibility index (Phi) is 3.68. The third-order valence-corrected chi connectivity index (χ3v) is 1.85. The van der Waals surface area contributed by atoms with E-state index in [0.717, 1.165) is 5.56 Å². The van der Waals surface area contributed by atoms with Crippen LogP contribution in [0.5, 0.6) is 0 Å². The van der Waals surface area contributed by atoms with Crippen LogP contribution in [-0.2, 0) is 11.3 Å². The lowest BCUT2D eigenvalue weighted by Crippen LogP contribution is -2.10. The van der Waals surface area contributed by atoms with E-state index in [1.54, 1.807) is 12.1 Å². The van der Waals surface area contributed by atoms with Crippen molar-refractivity contribution in [3.63, 3.8) is 0 Å². The zero-order valence-electron chi connectivity index (χ0n) is 7.74. The molecule has 0 radical (unpaired) electrons. The summed E-state index contributed by atoms with van der Waals surface area (Å²) in [7, 11) is 0. The zero-order chi connectivity index (χ0) is 11.3. The van der Waals surface area contributed by atoms with E-state index in [9.17, 15) is 9.90 Å². The molecule has 1 aromatic carbocycles. The summed E-state index contributed by atoms with van der Waals surface area (Å²) >= 11 is 0. The number of aliphatic hydroxyl groups excluding tert-OH is 1. The van der Waals surface area contributed by atoms with Crippen LogP contribution >= 0.6 is 0 Å². The van der Waals surface area contributed by atoms with Crippen molar-refractivity contribution < 1.29 is 15.0 Å². The van der Waals surface area contributed by atoms with Crippen molar-refractivity contribution in [1.29, 1.82) is 0 Å². The minimum Gasteiger partial charge on any atom is -0.479 e. The minimum absolute atomic E-state index is 0.208. The van der Waals surface area contributed by atoms with Crippen LogP contribution in [0.25, 0.3) is 10.4 Å². The second-order valence-corrected chi connectivity index (χ2v) is 2.87. The topological polar surface area (TPSA) is 106 Å². The fourth-order valence-corrected chi connectivity index (χ4v) is 1.06. The summed E-state index contributed by atoms with van der Waals surface area (Å²) in [6, 6.07) is 6.19. The first-order valence-corrected chi connectivity index (χ1v) is 4.15. The van der Waals surface area contributed by atoms with Crippen LogP contribution in [0, 0.1) is 0 Å². The Morgan fingerprint density at radius 3 is 2.53 bits per heavy atom. The maximum atomic E-state index is 10.4. The van der Waals surface area contributed by atoms with Gasteiger partial charge in [-0.25, -0.2) is 4.79 Å². The molecule has 0 spiro atoms. The number of carboxylic acids is 1. The summed E-state index contributed by atoms with van der Waals surface area (Å²) in [6.07, 6.45) is -1.52. The predicted molar refractivity (Wildman–Crippen MR) is 51.9 cm³/mol. The van der Waals surface area contributed by atoms with Gasteiger partial charge in [0.15, 0.2) is 6.10 Å². The molecule has 2 N–H and O–H groups in total. The number of aliphatic hydroxyl groups is 1. The molecule has 0 aliphatic carbocycles. The number of azide groups is 1. The van der Waals surface area contributed by atoms with Crippen molar-refractivity contribution in [1.82, 2.24) is 0 Å². The molecule has 0 fully saturated rings. The number of rotatable bonds is 4. The lowest BCUT2D eigenvalue weighted by molar-refractivity contribution is -0.146. The normalized spacial score (nSPS) is 11.5. The van der Waals surface area contributed by atoms with Crippen LogP contribution in [0.4, 0.5) is 0 Å². The zero-order valence-corrected chi connectivity index (χ0v) is 7.74. The van der Waals surface area contributed by atoms with E-state index in [1.807, 2.05) is 0 Å². The number of carbonyl (C=O) groups is 1. The molecule has 1 atom stereocenters. The summed E-state index contributed by atoms with van der Waals surface area (Å²) < 4.78 is 0. The smallest absolute Gasteiger partial charge is 0.337 e. The largest absolute Gasteiger partial charge is 0.479 e. The van der Waals surface area contributed by atoms with Crippen molar-refractivity contribution in [2.75, 3.05) is 0 Å². The molecule has 0 heterocycles. The van der Waals surface area contributed by atoms with Gasteiger partial charge in [0, 0.05) is 4.91 Å². The molecule has 0 aromatic heterocycles. The maximum Gasteiger partial charge on any atom is 0.337 e. The SMILES string of the molecule is [N-]=[N+]=NCc1ccc(C(O)C(=O)O)cc1. The average molecular weight is 207 g/mol. The predicted octanol–water partition coefficient (Wildman–Crippen LogP) is 1.61. The molecule has 0 aliphatic heterocycles. The van der Waals surface area contributed by atoms with E-state index in [2.05, 4.69) is 10.0 Å². The van der Waals surface area contributed by atoms with Gasteiger partial charge in [-0.1, -0.05) is 29.4 Å². The Balaban J connectivity index is 2.80. The Hall–Kier alpha value is -2.04. The van der Waals surface area contributed by atoms with Crippen molar-refractivity contribution in [2.24, 2.45) is 5.11 Å². The van der Waals surface area contributed by atoms with Gasteiger partial charge in [0.05, 0.1) is 6.54 Å². The fraction of sp³-hybridized carbons (Fsp3) is 0.222. The summed E-state index contributed by atoms with van der Waals surface area (Å²) in [6.45, 7) is 0.208. The van der Waals surface area contributed by atoms with E-state index in [-0.39, 0.29) is 6.54 Å². The van der Waals surface area contributed by atoms with Crippen LogP contribution in [0.2, 0.25) is 0 Å². The number of hydrogen-bond acceptors (Lipinski definition) is 3. The van der Waals surface area contributed by atoms with E-state index < -0.39 is 12.1 Å². The van der Waals surface area contributed by atoms with Gasteiger partial charge in [0.1, 0.15) is 0 Å². The average Bonchev–Trinajstić information content (AvgIpc) is 2.26. The number of nitrogens with zero attached hydrogens (tertiary/aromatic N) is 3. The quantitative estimate of drug-likeness (QED) is 0.445. The van der Waals surface area contributed by atoms with Gasteiger partial charge in [-0.15, -0.1) is 0 Å². The van der Waals surface area contributed by atoms with Crippen molar-refractivity contribution in [3.8, 4) is 0 Å². The van der Waals surface area contributed by atoms with Gasteiger partial charge >= 0.3 is 5.97 Å². The lowest BCUT2D eigenvalue weighted by atomic mass is 10.1. The van der Waals surface area contributed by atoms with Crippen LogP contribution < -0.4 is 0 Å². The van der Waals surface area contributed by atoms with E-state index in [1.165, 1.54) is 12.1 Å². The first-order valence-electron chi connectivity index (χ1n) is 4.15. The highest BCUT2D eigenvalue weighted by atomic mass is 16.4. The van der Waals surface area contributed by atoms with Crippen LogP contribution in [0.15, 0.2) is 29.4 Å². The highest BCUT2D eigenvalue weighted by molar-refractivity contribution is 5.73. The van der Waals surface area contributed by atoms with Gasteiger partial charge in [0.2, 0.25) is 0 Å². The second-order valence-electron chi connectivity index (χ2n) is 2.87. The third kappa shape index (κ3) is 2.98. The van der Waals surface area contributed by atoms with Crippen LogP contribution in [-0.4, -0.2) is 16.2 Å². The maximum absolute atomic E-state index is 10.4. The number of aliphatic carboxylic acids is 1. The number of hydrogen-bond donors (Lipinski definition) is 2. The first-order chi connectivity index (χ1) is 7.15. The molecule has 0 saturated heterocycles. The number of carboxylic acid groups (broad SMARTS) is 1.